The van der Waals surface area contributed by atoms with Gasteiger partial charge in [-0.15, -0.1) is 6.58 Å². The molecule has 104 valence electrons. The molecular formula is C18H21NO. The lowest BCUT2D eigenvalue weighted by Gasteiger charge is -2.15. The quantitative estimate of drug-likeness (QED) is 0.762. The van der Waals surface area contributed by atoms with E-state index in [-0.39, 0.29) is 6.04 Å². The number of rotatable bonds is 7. The molecule has 2 nitrogen and oxygen atoms in total. The Bertz CT molecular complexity index is 536. The van der Waals surface area contributed by atoms with Crippen molar-refractivity contribution in [3.63, 3.8) is 0 Å². The second-order valence-corrected chi connectivity index (χ2v) is 4.62. The van der Waals surface area contributed by atoms with E-state index in [0.29, 0.717) is 6.61 Å². The average molecular weight is 267 g/mol. The summed E-state index contributed by atoms with van der Waals surface area (Å²) in [5, 5.41) is 3.38. The molecular weight excluding hydrogens is 246 g/mol. The van der Waals surface area contributed by atoms with Gasteiger partial charge in [-0.25, -0.2) is 0 Å². The van der Waals surface area contributed by atoms with Crippen molar-refractivity contribution in [1.82, 2.24) is 5.32 Å². The zero-order valence-electron chi connectivity index (χ0n) is 11.9. The summed E-state index contributed by atoms with van der Waals surface area (Å²) in [7, 11) is 0. The van der Waals surface area contributed by atoms with E-state index in [9.17, 15) is 0 Å². The summed E-state index contributed by atoms with van der Waals surface area (Å²) in [5.74, 6) is 0.885. The number of hydrogen-bond donors (Lipinski definition) is 1. The van der Waals surface area contributed by atoms with Crippen LogP contribution in [0.2, 0.25) is 0 Å². The van der Waals surface area contributed by atoms with Gasteiger partial charge in [0.05, 0.1) is 6.04 Å². The molecule has 2 rings (SSSR count). The fourth-order valence-corrected chi connectivity index (χ4v) is 2.10. The van der Waals surface area contributed by atoms with Gasteiger partial charge >= 0.3 is 0 Å². The minimum Gasteiger partial charge on any atom is -0.489 e. The Kier molecular flexibility index (Phi) is 5.39. The molecule has 2 aromatic carbocycles. The lowest BCUT2D eigenvalue weighted by molar-refractivity contribution is 0.305. The van der Waals surface area contributed by atoms with Crippen LogP contribution >= 0.6 is 0 Å². The van der Waals surface area contributed by atoms with Crippen LogP contribution in [0.25, 0.3) is 0 Å². The molecule has 0 aromatic heterocycles. The van der Waals surface area contributed by atoms with E-state index in [1.54, 1.807) is 0 Å². The Morgan fingerprint density at radius 2 is 1.95 bits per heavy atom. The molecule has 0 saturated carbocycles. The topological polar surface area (TPSA) is 21.3 Å². The van der Waals surface area contributed by atoms with Crippen LogP contribution in [0.3, 0.4) is 0 Å². The first-order valence-corrected chi connectivity index (χ1v) is 6.96. The van der Waals surface area contributed by atoms with Gasteiger partial charge in [0, 0.05) is 0 Å². The molecule has 0 radical (unpaired) electrons. The predicted molar refractivity (Wildman–Crippen MR) is 83.8 cm³/mol. The Morgan fingerprint density at radius 3 is 2.65 bits per heavy atom. The molecule has 20 heavy (non-hydrogen) atoms. The molecule has 0 saturated heterocycles. The molecule has 2 aromatic rings. The van der Waals surface area contributed by atoms with Gasteiger partial charge < -0.3 is 10.1 Å². The highest BCUT2D eigenvalue weighted by atomic mass is 16.5. The van der Waals surface area contributed by atoms with E-state index in [1.165, 1.54) is 11.1 Å². The fraction of sp³-hybridized carbons (Fsp3) is 0.222. The molecule has 1 atom stereocenters. The minimum atomic E-state index is 0.167. The molecule has 0 aliphatic heterocycles. The van der Waals surface area contributed by atoms with Gasteiger partial charge in [0.25, 0.3) is 0 Å². The average Bonchev–Trinajstić information content (AvgIpc) is 2.52. The Labute approximate surface area is 121 Å². The van der Waals surface area contributed by atoms with Crippen molar-refractivity contribution < 1.29 is 4.74 Å². The summed E-state index contributed by atoms with van der Waals surface area (Å²) in [5.41, 5.74) is 2.34. The molecule has 0 heterocycles. The fourth-order valence-electron chi connectivity index (χ4n) is 2.10. The van der Waals surface area contributed by atoms with Crippen LogP contribution in [0.4, 0.5) is 0 Å². The first kappa shape index (κ1) is 14.4. The smallest absolute Gasteiger partial charge is 0.120 e. The maximum absolute atomic E-state index is 5.84. The van der Waals surface area contributed by atoms with Crippen LogP contribution in [-0.2, 0) is 6.61 Å². The van der Waals surface area contributed by atoms with E-state index in [2.05, 4.69) is 43.1 Å². The lowest BCUT2D eigenvalue weighted by atomic mass is 10.1. The van der Waals surface area contributed by atoms with Crippen LogP contribution in [0.15, 0.2) is 67.3 Å². The largest absolute Gasteiger partial charge is 0.489 e. The highest BCUT2D eigenvalue weighted by molar-refractivity contribution is 5.32. The summed E-state index contributed by atoms with van der Waals surface area (Å²) < 4.78 is 5.84. The van der Waals surface area contributed by atoms with E-state index in [1.807, 2.05) is 36.4 Å². The van der Waals surface area contributed by atoms with Crippen LogP contribution in [0.1, 0.15) is 24.1 Å². The second-order valence-electron chi connectivity index (χ2n) is 4.62. The number of benzene rings is 2. The number of nitrogens with one attached hydrogen (secondary N) is 1. The van der Waals surface area contributed by atoms with Gasteiger partial charge in [0.2, 0.25) is 0 Å². The van der Waals surface area contributed by atoms with E-state index in [4.69, 9.17) is 4.74 Å². The Balaban J connectivity index is 2.04. The van der Waals surface area contributed by atoms with Crippen molar-refractivity contribution in [2.24, 2.45) is 0 Å². The van der Waals surface area contributed by atoms with E-state index >= 15 is 0 Å². The number of ether oxygens (including phenoxy) is 1. The molecule has 0 aliphatic rings. The molecule has 0 bridgehead atoms. The minimum absolute atomic E-state index is 0.167. The standard InChI is InChI=1S/C18H21NO/c1-3-18(19-4-2)16-11-8-12-17(13-16)20-14-15-9-6-5-7-10-15/h3,5-13,18-19H,1,4,14H2,2H3. The zero-order valence-corrected chi connectivity index (χ0v) is 11.9. The van der Waals surface area contributed by atoms with E-state index in [0.717, 1.165) is 12.3 Å². The zero-order chi connectivity index (χ0) is 14.2. The lowest BCUT2D eigenvalue weighted by Crippen LogP contribution is -2.18. The summed E-state index contributed by atoms with van der Waals surface area (Å²) in [6.45, 7) is 7.46. The maximum Gasteiger partial charge on any atom is 0.120 e. The first-order valence-electron chi connectivity index (χ1n) is 6.96. The van der Waals surface area contributed by atoms with Crippen molar-refractivity contribution >= 4 is 0 Å². The monoisotopic (exact) mass is 267 g/mol. The molecule has 1 unspecified atom stereocenters. The summed E-state index contributed by atoms with van der Waals surface area (Å²) in [6.07, 6.45) is 1.92. The van der Waals surface area contributed by atoms with Crippen molar-refractivity contribution in [3.05, 3.63) is 78.4 Å². The Morgan fingerprint density at radius 1 is 1.15 bits per heavy atom. The summed E-state index contributed by atoms with van der Waals surface area (Å²) in [6, 6.07) is 18.5. The van der Waals surface area contributed by atoms with Gasteiger partial charge in [-0.1, -0.05) is 55.5 Å². The van der Waals surface area contributed by atoms with Crippen molar-refractivity contribution in [2.75, 3.05) is 6.54 Å². The number of hydrogen-bond acceptors (Lipinski definition) is 2. The molecule has 0 aliphatic carbocycles. The molecule has 0 amide bonds. The summed E-state index contributed by atoms with van der Waals surface area (Å²) in [4.78, 5) is 0. The van der Waals surface area contributed by atoms with Crippen molar-refractivity contribution in [1.29, 1.82) is 0 Å². The van der Waals surface area contributed by atoms with E-state index < -0.39 is 0 Å². The van der Waals surface area contributed by atoms with Gasteiger partial charge in [-0.05, 0) is 29.8 Å². The highest BCUT2D eigenvalue weighted by Crippen LogP contribution is 2.20. The molecule has 0 spiro atoms. The third-order valence-electron chi connectivity index (χ3n) is 3.13. The van der Waals surface area contributed by atoms with Crippen LogP contribution in [0, 0.1) is 0 Å². The normalized spacial score (nSPS) is 11.8. The third-order valence-corrected chi connectivity index (χ3v) is 3.13. The Hall–Kier alpha value is -2.06. The molecule has 1 N–H and O–H groups in total. The molecule has 2 heteroatoms. The first-order chi connectivity index (χ1) is 9.83. The van der Waals surface area contributed by atoms with Gasteiger partial charge in [0.15, 0.2) is 0 Å². The second kappa shape index (κ2) is 7.51. The van der Waals surface area contributed by atoms with Gasteiger partial charge in [0.1, 0.15) is 12.4 Å². The molecule has 0 fully saturated rings. The number of likely N-dealkylation sites (N-methyl/N-ethyl adjacent to an activating group) is 1. The van der Waals surface area contributed by atoms with Crippen molar-refractivity contribution in [2.45, 2.75) is 19.6 Å². The van der Waals surface area contributed by atoms with Gasteiger partial charge in [-0.2, -0.15) is 0 Å². The van der Waals surface area contributed by atoms with Crippen LogP contribution in [0.5, 0.6) is 5.75 Å². The van der Waals surface area contributed by atoms with Gasteiger partial charge in [-0.3, -0.25) is 0 Å². The highest BCUT2D eigenvalue weighted by Gasteiger charge is 2.06. The maximum atomic E-state index is 5.84. The van der Waals surface area contributed by atoms with Crippen LogP contribution < -0.4 is 10.1 Å². The predicted octanol–water partition coefficient (Wildman–Crippen LogP) is 4.10. The SMILES string of the molecule is C=CC(NCC)c1cccc(OCc2ccccc2)c1. The third kappa shape index (κ3) is 3.97. The van der Waals surface area contributed by atoms with Crippen molar-refractivity contribution in [3.8, 4) is 5.75 Å². The summed E-state index contributed by atoms with van der Waals surface area (Å²) >= 11 is 0. The van der Waals surface area contributed by atoms with Crippen LogP contribution in [-0.4, -0.2) is 6.54 Å².